The number of carbonyl (C=O) groups is 1. The molecule has 0 unspecified atom stereocenters. The summed E-state index contributed by atoms with van der Waals surface area (Å²) in [5.74, 6) is -0.390. The van der Waals surface area contributed by atoms with Crippen molar-refractivity contribution < 1.29 is 9.90 Å². The Morgan fingerprint density at radius 3 is 2.77 bits per heavy atom. The largest absolute Gasteiger partial charge is 0.508 e. The first-order valence-corrected chi connectivity index (χ1v) is 6.96. The maximum Gasteiger partial charge on any atom is 0.342 e. The zero-order valence-electron chi connectivity index (χ0n) is 11.1. The van der Waals surface area contributed by atoms with Crippen molar-refractivity contribution in [3.8, 4) is 5.75 Å². The van der Waals surface area contributed by atoms with Crippen molar-refractivity contribution in [1.29, 1.82) is 0 Å². The zero-order chi connectivity index (χ0) is 15.9. The van der Waals surface area contributed by atoms with Gasteiger partial charge in [0.05, 0.1) is 12.0 Å². The number of aromatic hydroxyl groups is 1. The number of thioether (sulfide) groups is 1. The van der Waals surface area contributed by atoms with Crippen LogP contribution in [-0.4, -0.2) is 38.2 Å². The van der Waals surface area contributed by atoms with Crippen LogP contribution in [0.2, 0.25) is 0 Å². The van der Waals surface area contributed by atoms with Crippen molar-refractivity contribution in [2.45, 2.75) is 5.03 Å². The van der Waals surface area contributed by atoms with Crippen molar-refractivity contribution in [3.63, 3.8) is 0 Å². The number of phenolic OH excluding ortho intramolecular Hbond substituents is 1. The molecule has 1 aromatic carbocycles. The van der Waals surface area contributed by atoms with Crippen LogP contribution in [-0.2, 0) is 4.79 Å². The molecular formula is C12H11N5O4S. The van der Waals surface area contributed by atoms with Crippen LogP contribution < -0.4 is 16.7 Å². The summed E-state index contributed by atoms with van der Waals surface area (Å²) in [4.78, 5) is 35.7. The molecule has 10 heteroatoms. The van der Waals surface area contributed by atoms with Crippen molar-refractivity contribution in [2.75, 3.05) is 5.75 Å². The van der Waals surface area contributed by atoms with Gasteiger partial charge in [0.2, 0.25) is 5.91 Å². The Kier molecular flexibility index (Phi) is 5.09. The lowest BCUT2D eigenvalue weighted by Gasteiger charge is -1.99. The number of hydrazone groups is 1. The molecule has 0 saturated carbocycles. The minimum atomic E-state index is -0.711. The molecule has 1 heterocycles. The van der Waals surface area contributed by atoms with E-state index in [0.717, 1.165) is 11.8 Å². The van der Waals surface area contributed by atoms with Gasteiger partial charge in [0.15, 0.2) is 5.03 Å². The molecule has 0 fully saturated rings. The molecule has 4 N–H and O–H groups in total. The number of aromatic amines is 2. The van der Waals surface area contributed by atoms with Crippen molar-refractivity contribution in [1.82, 2.24) is 20.6 Å². The van der Waals surface area contributed by atoms with Gasteiger partial charge in [0.1, 0.15) is 5.75 Å². The SMILES string of the molecule is O=C(CSc1n[nH]c(=O)[nH]c1=O)N/N=C/c1ccc(O)cc1. The molecule has 22 heavy (non-hydrogen) atoms. The Bertz CT molecular complexity index is 796. The van der Waals surface area contributed by atoms with Gasteiger partial charge >= 0.3 is 5.69 Å². The number of H-pyrrole nitrogens is 2. The third-order valence-electron chi connectivity index (χ3n) is 2.32. The molecular weight excluding hydrogens is 310 g/mol. The van der Waals surface area contributed by atoms with E-state index in [1.165, 1.54) is 18.3 Å². The van der Waals surface area contributed by atoms with E-state index in [2.05, 4.69) is 20.7 Å². The number of aromatic nitrogens is 3. The van der Waals surface area contributed by atoms with Crippen LogP contribution in [0.5, 0.6) is 5.75 Å². The molecule has 114 valence electrons. The van der Waals surface area contributed by atoms with E-state index in [1.807, 2.05) is 4.98 Å². The van der Waals surface area contributed by atoms with E-state index in [0.29, 0.717) is 5.56 Å². The fraction of sp³-hybridized carbons (Fsp3) is 0.0833. The lowest BCUT2D eigenvalue weighted by Crippen LogP contribution is -2.26. The van der Waals surface area contributed by atoms with Crippen molar-refractivity contribution in [3.05, 3.63) is 50.7 Å². The van der Waals surface area contributed by atoms with E-state index in [9.17, 15) is 14.4 Å². The second-order valence-electron chi connectivity index (χ2n) is 3.99. The molecule has 1 amide bonds. The lowest BCUT2D eigenvalue weighted by atomic mass is 10.2. The number of phenols is 1. The van der Waals surface area contributed by atoms with Gasteiger partial charge in [-0.15, -0.1) is 0 Å². The molecule has 1 aromatic heterocycles. The van der Waals surface area contributed by atoms with Gasteiger partial charge < -0.3 is 5.11 Å². The van der Waals surface area contributed by atoms with Crippen LogP contribution in [0.1, 0.15) is 5.56 Å². The highest BCUT2D eigenvalue weighted by atomic mass is 32.2. The van der Waals surface area contributed by atoms with Crippen LogP contribution in [0, 0.1) is 0 Å². The minimum absolute atomic E-state index is 0.0164. The van der Waals surface area contributed by atoms with E-state index in [4.69, 9.17) is 5.11 Å². The van der Waals surface area contributed by atoms with Gasteiger partial charge in [-0.05, 0) is 29.8 Å². The number of nitrogens with one attached hydrogen (secondary N) is 3. The Labute approximate surface area is 127 Å². The van der Waals surface area contributed by atoms with Gasteiger partial charge in [-0.25, -0.2) is 15.3 Å². The van der Waals surface area contributed by atoms with E-state index in [1.54, 1.807) is 12.1 Å². The van der Waals surface area contributed by atoms with Crippen LogP contribution in [0.3, 0.4) is 0 Å². The van der Waals surface area contributed by atoms with Gasteiger partial charge in [-0.1, -0.05) is 11.8 Å². The Balaban J connectivity index is 1.84. The normalized spacial score (nSPS) is 10.7. The van der Waals surface area contributed by atoms with E-state index < -0.39 is 17.2 Å². The second kappa shape index (κ2) is 7.22. The van der Waals surface area contributed by atoms with Crippen molar-refractivity contribution >= 4 is 23.9 Å². The number of rotatable bonds is 5. The van der Waals surface area contributed by atoms with Gasteiger partial charge in [-0.2, -0.15) is 10.2 Å². The maximum atomic E-state index is 11.5. The number of carbonyl (C=O) groups excluding carboxylic acids is 1. The fourth-order valence-electron chi connectivity index (χ4n) is 1.34. The van der Waals surface area contributed by atoms with Gasteiger partial charge in [0.25, 0.3) is 5.56 Å². The standard InChI is InChI=1S/C12H11N5O4S/c18-8-3-1-7(2-4-8)5-13-15-9(19)6-22-11-10(20)14-12(21)17-16-11/h1-5,18H,6H2,(H,15,19)(H2,14,17,20,21)/b13-5+. The topological polar surface area (TPSA) is 140 Å². The first kappa shape index (κ1) is 15.5. The molecule has 0 radical (unpaired) electrons. The average Bonchev–Trinajstić information content (AvgIpc) is 2.48. The minimum Gasteiger partial charge on any atom is -0.508 e. The molecule has 0 atom stereocenters. The van der Waals surface area contributed by atoms with Gasteiger partial charge in [0, 0.05) is 0 Å². The quantitative estimate of drug-likeness (QED) is 0.329. The summed E-state index contributed by atoms with van der Waals surface area (Å²) in [6, 6.07) is 6.24. The smallest absolute Gasteiger partial charge is 0.342 e. The van der Waals surface area contributed by atoms with Crippen LogP contribution in [0.4, 0.5) is 0 Å². The molecule has 9 nitrogen and oxygen atoms in total. The Morgan fingerprint density at radius 2 is 2.09 bits per heavy atom. The van der Waals surface area contributed by atoms with Crippen LogP contribution in [0.15, 0.2) is 44.0 Å². The van der Waals surface area contributed by atoms with Crippen LogP contribution in [0.25, 0.3) is 0 Å². The zero-order valence-corrected chi connectivity index (χ0v) is 11.9. The summed E-state index contributed by atoms with van der Waals surface area (Å²) in [5.41, 5.74) is 1.61. The molecule has 0 aliphatic rings. The first-order valence-electron chi connectivity index (χ1n) is 5.97. The summed E-state index contributed by atoms with van der Waals surface area (Å²) in [6.07, 6.45) is 1.41. The predicted octanol–water partition coefficient (Wildman–Crippen LogP) is -0.594. The third-order valence-corrected chi connectivity index (χ3v) is 3.27. The fourth-order valence-corrected chi connectivity index (χ4v) is 1.96. The Hall–Kier alpha value is -2.88. The molecule has 2 aromatic rings. The number of amides is 1. The van der Waals surface area contributed by atoms with Crippen LogP contribution >= 0.6 is 11.8 Å². The summed E-state index contributed by atoms with van der Waals surface area (Å²) < 4.78 is 0. The third kappa shape index (κ3) is 4.59. The molecule has 0 aliphatic carbocycles. The second-order valence-corrected chi connectivity index (χ2v) is 4.95. The number of hydrogen-bond acceptors (Lipinski definition) is 7. The average molecular weight is 321 g/mol. The highest BCUT2D eigenvalue weighted by Crippen LogP contribution is 2.08. The summed E-state index contributed by atoms with van der Waals surface area (Å²) in [5, 5.41) is 18.4. The first-order chi connectivity index (χ1) is 10.5. The summed E-state index contributed by atoms with van der Waals surface area (Å²) >= 11 is 0.868. The highest BCUT2D eigenvalue weighted by molar-refractivity contribution is 7.99. The predicted molar refractivity (Wildman–Crippen MR) is 80.0 cm³/mol. The monoisotopic (exact) mass is 321 g/mol. The van der Waals surface area contributed by atoms with E-state index in [-0.39, 0.29) is 16.5 Å². The van der Waals surface area contributed by atoms with Gasteiger partial charge in [-0.3, -0.25) is 14.6 Å². The molecule has 0 bridgehead atoms. The number of benzene rings is 1. The molecule has 0 spiro atoms. The number of nitrogens with zero attached hydrogens (tertiary/aromatic N) is 2. The number of hydrogen-bond donors (Lipinski definition) is 4. The molecule has 2 rings (SSSR count). The maximum absolute atomic E-state index is 11.5. The molecule has 0 aliphatic heterocycles. The summed E-state index contributed by atoms with van der Waals surface area (Å²) in [7, 11) is 0. The summed E-state index contributed by atoms with van der Waals surface area (Å²) in [6.45, 7) is 0. The molecule has 0 saturated heterocycles. The van der Waals surface area contributed by atoms with Crippen molar-refractivity contribution in [2.24, 2.45) is 5.10 Å². The Morgan fingerprint density at radius 1 is 1.36 bits per heavy atom. The highest BCUT2D eigenvalue weighted by Gasteiger charge is 2.06. The van der Waals surface area contributed by atoms with E-state index >= 15 is 0 Å². The lowest BCUT2D eigenvalue weighted by molar-refractivity contribution is -0.118.